The van der Waals surface area contributed by atoms with Crippen LogP contribution in [0.1, 0.15) is 0 Å². The zero-order valence-corrected chi connectivity index (χ0v) is 28.3. The molecule has 4 heterocycles. The van der Waals surface area contributed by atoms with Crippen LogP contribution in [0.5, 0.6) is 0 Å². The molecule has 0 amide bonds. The van der Waals surface area contributed by atoms with Crippen molar-refractivity contribution >= 4 is 93.1 Å². The van der Waals surface area contributed by atoms with Crippen molar-refractivity contribution in [3.8, 4) is 11.4 Å². The summed E-state index contributed by atoms with van der Waals surface area (Å²) in [5, 5.41) is 9.18. The van der Waals surface area contributed by atoms with Crippen LogP contribution in [0.25, 0.3) is 104 Å². The molecule has 11 rings (SSSR count). The van der Waals surface area contributed by atoms with Crippen LogP contribution in [0, 0.1) is 0 Å². The maximum Gasteiger partial charge on any atom is 0.145 e. The highest BCUT2D eigenvalue weighted by molar-refractivity contribution is 6.29. The Morgan fingerprint density at radius 1 is 0.442 bits per heavy atom. The van der Waals surface area contributed by atoms with Crippen molar-refractivity contribution in [3.05, 3.63) is 177 Å². The van der Waals surface area contributed by atoms with Gasteiger partial charge in [-0.2, -0.15) is 0 Å². The van der Waals surface area contributed by atoms with E-state index in [0.717, 1.165) is 82.6 Å². The summed E-state index contributed by atoms with van der Waals surface area (Å²) < 4.78 is 14.1. The summed E-state index contributed by atoms with van der Waals surface area (Å²) in [6, 6.07) is 52.3. The molecule has 7 aromatic carbocycles. The third-order valence-corrected chi connectivity index (χ3v) is 10.8. The third-order valence-electron chi connectivity index (χ3n) is 10.8. The Kier molecular flexibility index (Phi) is 5.93. The van der Waals surface area contributed by atoms with E-state index in [1.807, 2.05) is 18.2 Å². The van der Waals surface area contributed by atoms with Gasteiger partial charge in [-0.3, -0.25) is 0 Å². The molecule has 0 fully saturated rings. The molecular formula is C48H31N3O. The van der Waals surface area contributed by atoms with Crippen molar-refractivity contribution < 1.29 is 4.42 Å². The molecule has 52 heavy (non-hydrogen) atoms. The van der Waals surface area contributed by atoms with Crippen LogP contribution in [0.3, 0.4) is 0 Å². The Morgan fingerprint density at radius 2 is 0.981 bits per heavy atom. The summed E-state index contributed by atoms with van der Waals surface area (Å²) >= 11 is 0. The Morgan fingerprint density at radius 3 is 1.69 bits per heavy atom. The molecule has 0 saturated carbocycles. The average Bonchev–Trinajstić information content (AvgIpc) is 3.93. The van der Waals surface area contributed by atoms with Crippen LogP contribution < -0.4 is 0 Å². The second-order valence-electron chi connectivity index (χ2n) is 13.4. The molecule has 244 valence electrons. The highest BCUT2D eigenvalue weighted by Crippen LogP contribution is 2.45. The number of para-hydroxylation sites is 4. The minimum Gasteiger partial charge on any atom is -0.455 e. The first-order valence-corrected chi connectivity index (χ1v) is 17.6. The Bertz CT molecular complexity index is 3330. The highest BCUT2D eigenvalue weighted by Gasteiger charge is 2.23. The zero-order valence-electron chi connectivity index (χ0n) is 28.3. The summed E-state index contributed by atoms with van der Waals surface area (Å²) in [6.45, 7) is 8.08. The van der Waals surface area contributed by atoms with Crippen LogP contribution >= 0.6 is 0 Å². The average molecular weight is 666 g/mol. The van der Waals surface area contributed by atoms with Gasteiger partial charge in [-0.05, 0) is 84.9 Å². The van der Waals surface area contributed by atoms with Gasteiger partial charge in [-0.1, -0.05) is 92.0 Å². The van der Waals surface area contributed by atoms with Gasteiger partial charge in [0.25, 0.3) is 0 Å². The van der Waals surface area contributed by atoms with Crippen molar-refractivity contribution in [2.45, 2.75) is 0 Å². The van der Waals surface area contributed by atoms with Gasteiger partial charge >= 0.3 is 0 Å². The van der Waals surface area contributed by atoms with Crippen molar-refractivity contribution in [2.75, 3.05) is 0 Å². The van der Waals surface area contributed by atoms with Crippen LogP contribution in [-0.2, 0) is 0 Å². The molecule has 0 atom stereocenters. The third kappa shape index (κ3) is 3.75. The first kappa shape index (κ1) is 28.8. The fourth-order valence-electron chi connectivity index (χ4n) is 8.66. The first-order valence-electron chi connectivity index (χ1n) is 17.6. The summed E-state index contributed by atoms with van der Waals surface area (Å²) in [4.78, 5) is 0. The van der Waals surface area contributed by atoms with Crippen molar-refractivity contribution in [2.24, 2.45) is 0 Å². The van der Waals surface area contributed by atoms with Crippen molar-refractivity contribution in [3.63, 3.8) is 0 Å². The smallest absolute Gasteiger partial charge is 0.145 e. The molecule has 0 radical (unpaired) electrons. The van der Waals surface area contributed by atoms with Crippen LogP contribution in [0.4, 0.5) is 0 Å². The molecular weight excluding hydrogens is 635 g/mol. The van der Waals surface area contributed by atoms with Gasteiger partial charge in [-0.15, -0.1) is 0 Å². The number of furan rings is 1. The number of hydrogen-bond acceptors (Lipinski definition) is 1. The number of rotatable bonds is 5. The lowest BCUT2D eigenvalue weighted by Crippen LogP contribution is -1.95. The molecule has 0 unspecified atom stereocenters. The highest BCUT2D eigenvalue weighted by atomic mass is 16.3. The maximum atomic E-state index is 7.12. The van der Waals surface area contributed by atoms with E-state index in [0.29, 0.717) is 0 Å². The fourth-order valence-corrected chi connectivity index (χ4v) is 8.66. The van der Waals surface area contributed by atoms with E-state index in [1.165, 1.54) is 21.8 Å². The Hall–Kier alpha value is -7.04. The predicted molar refractivity (Wildman–Crippen MR) is 220 cm³/mol. The summed E-state index contributed by atoms with van der Waals surface area (Å²) in [6.07, 6.45) is 5.69. The second-order valence-corrected chi connectivity index (χ2v) is 13.4. The number of aromatic nitrogens is 3. The second kappa shape index (κ2) is 10.7. The minimum atomic E-state index is 0.893. The predicted octanol–water partition coefficient (Wildman–Crippen LogP) is 13.1. The molecule has 4 heteroatoms. The van der Waals surface area contributed by atoms with E-state index in [9.17, 15) is 0 Å². The van der Waals surface area contributed by atoms with E-state index in [1.54, 1.807) is 0 Å². The van der Waals surface area contributed by atoms with E-state index in [-0.39, 0.29) is 0 Å². The van der Waals surface area contributed by atoms with E-state index < -0.39 is 0 Å². The first-order chi connectivity index (χ1) is 25.7. The van der Waals surface area contributed by atoms with Crippen LogP contribution in [-0.4, -0.2) is 13.7 Å². The van der Waals surface area contributed by atoms with Crippen LogP contribution in [0.2, 0.25) is 0 Å². The lowest BCUT2D eigenvalue weighted by atomic mass is 10.1. The molecule has 0 aliphatic rings. The topological polar surface area (TPSA) is 27.9 Å². The minimum absolute atomic E-state index is 0.893. The molecule has 11 aromatic rings. The molecule has 0 saturated heterocycles. The van der Waals surface area contributed by atoms with Crippen molar-refractivity contribution in [1.29, 1.82) is 0 Å². The van der Waals surface area contributed by atoms with E-state index >= 15 is 0 Å². The van der Waals surface area contributed by atoms with Gasteiger partial charge in [0.05, 0.1) is 43.9 Å². The molecule has 4 aromatic heterocycles. The van der Waals surface area contributed by atoms with Gasteiger partial charge in [-0.25, -0.2) is 0 Å². The normalized spacial score (nSPS) is 12.5. The monoisotopic (exact) mass is 665 g/mol. The molecule has 4 nitrogen and oxygen atoms in total. The van der Waals surface area contributed by atoms with Gasteiger partial charge in [0.2, 0.25) is 0 Å². The number of allylic oxidation sites excluding steroid dienone is 4. The van der Waals surface area contributed by atoms with Crippen LogP contribution in [0.15, 0.2) is 181 Å². The summed E-state index contributed by atoms with van der Waals surface area (Å²) in [5.74, 6) is 0. The standard InChI is InChI=1S/C48H31N3O/c1-3-14-30(4-2)49-40-21-12-9-18-36(40)45-43(49)27-24-34-35-25-28-44-46(48(35)52-47(34)45)37-19-10-13-22-41(37)51(44)32-23-26-42-38(29-32)33-17-8-11-20-39(33)50(42)31-15-6-5-7-16-31/h3-29H,1-2H2/b30-14+. The number of fused-ring (bicyclic) bond motifs is 14. The van der Waals surface area contributed by atoms with Gasteiger partial charge < -0.3 is 18.1 Å². The SMILES string of the molecule is C=C/C=C(\C=C)n1c2ccccc2c2c3oc4c(ccc5c4c4ccccc4n5-c4ccc5c(c4)c4ccccc4n5-c4ccccc4)c3ccc21. The molecule has 0 aliphatic heterocycles. The lowest BCUT2D eigenvalue weighted by Gasteiger charge is -2.10. The number of nitrogens with zero attached hydrogens (tertiary/aromatic N) is 3. The summed E-state index contributed by atoms with van der Waals surface area (Å²) in [7, 11) is 0. The fraction of sp³-hybridized carbons (Fsp3) is 0. The van der Waals surface area contributed by atoms with Gasteiger partial charge in [0.15, 0.2) is 0 Å². The maximum absolute atomic E-state index is 7.12. The van der Waals surface area contributed by atoms with Crippen molar-refractivity contribution in [1.82, 2.24) is 13.7 Å². The van der Waals surface area contributed by atoms with E-state index in [2.05, 4.69) is 172 Å². The number of hydrogen-bond donors (Lipinski definition) is 0. The molecule has 0 N–H and O–H groups in total. The van der Waals surface area contributed by atoms with Gasteiger partial charge in [0, 0.05) is 49.4 Å². The molecule has 0 aliphatic carbocycles. The number of benzene rings is 7. The van der Waals surface area contributed by atoms with Gasteiger partial charge in [0.1, 0.15) is 11.2 Å². The quantitative estimate of drug-likeness (QED) is 0.168. The molecule has 0 spiro atoms. The zero-order chi connectivity index (χ0) is 34.5. The Labute approximate surface area is 298 Å². The molecule has 0 bridgehead atoms. The largest absolute Gasteiger partial charge is 0.455 e. The lowest BCUT2D eigenvalue weighted by molar-refractivity contribution is 0.677. The Balaban J connectivity index is 1.22. The van der Waals surface area contributed by atoms with E-state index in [4.69, 9.17) is 4.42 Å². The summed E-state index contributed by atoms with van der Waals surface area (Å²) in [5.41, 5.74) is 11.8.